The van der Waals surface area contributed by atoms with Crippen molar-refractivity contribution in [3.8, 4) is 0 Å². The molecular weight excluding hydrogens is 194 g/mol. The highest BCUT2D eigenvalue weighted by molar-refractivity contribution is 5.75. The highest BCUT2D eigenvalue weighted by Crippen LogP contribution is 2.21. The predicted molar refractivity (Wildman–Crippen MR) is 57.3 cm³/mol. The van der Waals surface area contributed by atoms with Crippen LogP contribution in [0.5, 0.6) is 0 Å². The zero-order chi connectivity index (χ0) is 11.4. The minimum absolute atomic E-state index is 0.0249. The number of nitrogens with two attached hydrogens (primary N) is 1. The maximum absolute atomic E-state index is 11.6. The van der Waals surface area contributed by atoms with Gasteiger partial charge in [-0.15, -0.1) is 0 Å². The van der Waals surface area contributed by atoms with Crippen molar-refractivity contribution in [3.63, 3.8) is 0 Å². The van der Waals surface area contributed by atoms with Crippen molar-refractivity contribution in [3.05, 3.63) is 0 Å². The molecule has 1 aliphatic rings. The molecule has 0 saturated carbocycles. The van der Waals surface area contributed by atoms with Crippen LogP contribution in [-0.2, 0) is 14.3 Å². The van der Waals surface area contributed by atoms with Gasteiger partial charge in [-0.2, -0.15) is 0 Å². The van der Waals surface area contributed by atoms with Crippen molar-refractivity contribution in [1.82, 2.24) is 0 Å². The average Bonchev–Trinajstić information content (AvgIpc) is 2.65. The van der Waals surface area contributed by atoms with Gasteiger partial charge in [-0.1, -0.05) is 13.8 Å². The standard InChI is InChI=1S/C11H21NO3/c1-7(2)8(3)14-11(13)10-5-4-9(6-12)15-10/h7-10H,4-6,12H2,1-3H3. The molecule has 0 bridgehead atoms. The van der Waals surface area contributed by atoms with Crippen molar-refractivity contribution in [1.29, 1.82) is 0 Å². The van der Waals surface area contributed by atoms with Crippen molar-refractivity contribution >= 4 is 5.97 Å². The van der Waals surface area contributed by atoms with Gasteiger partial charge >= 0.3 is 5.97 Å². The van der Waals surface area contributed by atoms with E-state index in [9.17, 15) is 4.79 Å². The Labute approximate surface area is 91.1 Å². The van der Waals surface area contributed by atoms with Crippen LogP contribution < -0.4 is 5.73 Å². The smallest absolute Gasteiger partial charge is 0.335 e. The van der Waals surface area contributed by atoms with Crippen LogP contribution in [0.15, 0.2) is 0 Å². The van der Waals surface area contributed by atoms with E-state index in [2.05, 4.69) is 0 Å². The molecule has 0 spiro atoms. The van der Waals surface area contributed by atoms with Gasteiger partial charge < -0.3 is 15.2 Å². The summed E-state index contributed by atoms with van der Waals surface area (Å²) < 4.78 is 10.7. The summed E-state index contributed by atoms with van der Waals surface area (Å²) >= 11 is 0. The molecule has 3 unspecified atom stereocenters. The van der Waals surface area contributed by atoms with Gasteiger partial charge in [0.2, 0.25) is 0 Å². The first-order chi connectivity index (χ1) is 7.04. The van der Waals surface area contributed by atoms with E-state index in [1.807, 2.05) is 20.8 Å². The van der Waals surface area contributed by atoms with Crippen LogP contribution >= 0.6 is 0 Å². The molecular formula is C11H21NO3. The van der Waals surface area contributed by atoms with Gasteiger partial charge in [0, 0.05) is 6.54 Å². The Morgan fingerprint density at radius 3 is 2.60 bits per heavy atom. The Hall–Kier alpha value is -0.610. The predicted octanol–water partition coefficient (Wildman–Crippen LogP) is 1.08. The molecule has 0 amide bonds. The summed E-state index contributed by atoms with van der Waals surface area (Å²) in [5.41, 5.74) is 5.47. The van der Waals surface area contributed by atoms with E-state index in [4.69, 9.17) is 15.2 Å². The maximum atomic E-state index is 11.6. The first-order valence-electron chi connectivity index (χ1n) is 5.60. The molecule has 1 heterocycles. The molecule has 0 aromatic carbocycles. The van der Waals surface area contributed by atoms with Crippen LogP contribution in [0.1, 0.15) is 33.6 Å². The minimum atomic E-state index is -0.403. The summed E-state index contributed by atoms with van der Waals surface area (Å²) in [5.74, 6) is 0.0906. The third-order valence-electron chi connectivity index (χ3n) is 2.87. The van der Waals surface area contributed by atoms with E-state index in [0.717, 1.165) is 12.8 Å². The van der Waals surface area contributed by atoms with Crippen molar-refractivity contribution in [2.45, 2.75) is 51.9 Å². The Morgan fingerprint density at radius 1 is 1.47 bits per heavy atom. The van der Waals surface area contributed by atoms with E-state index < -0.39 is 6.10 Å². The average molecular weight is 215 g/mol. The second-order valence-corrected chi connectivity index (χ2v) is 4.45. The highest BCUT2D eigenvalue weighted by atomic mass is 16.6. The lowest BCUT2D eigenvalue weighted by Gasteiger charge is -2.19. The van der Waals surface area contributed by atoms with Crippen LogP contribution in [0, 0.1) is 5.92 Å². The fourth-order valence-corrected chi connectivity index (χ4v) is 1.45. The molecule has 0 aromatic rings. The zero-order valence-electron chi connectivity index (χ0n) is 9.73. The molecule has 0 aliphatic carbocycles. The number of carbonyl (C=O) groups excluding carboxylic acids is 1. The van der Waals surface area contributed by atoms with Gasteiger partial charge in [0.25, 0.3) is 0 Å². The fraction of sp³-hybridized carbons (Fsp3) is 0.909. The Morgan fingerprint density at radius 2 is 2.13 bits per heavy atom. The molecule has 2 N–H and O–H groups in total. The number of esters is 1. The SMILES string of the molecule is CC(C)C(C)OC(=O)C1CCC(CN)O1. The molecule has 0 aromatic heterocycles. The first kappa shape index (κ1) is 12.5. The normalized spacial score (nSPS) is 28.1. The lowest BCUT2D eigenvalue weighted by molar-refractivity contribution is -0.162. The molecule has 1 rings (SSSR count). The zero-order valence-corrected chi connectivity index (χ0v) is 9.73. The van der Waals surface area contributed by atoms with E-state index in [1.54, 1.807) is 0 Å². The van der Waals surface area contributed by atoms with Gasteiger partial charge in [-0.05, 0) is 25.7 Å². The second-order valence-electron chi connectivity index (χ2n) is 4.45. The highest BCUT2D eigenvalue weighted by Gasteiger charge is 2.32. The molecule has 15 heavy (non-hydrogen) atoms. The van der Waals surface area contributed by atoms with Gasteiger partial charge in [-0.3, -0.25) is 0 Å². The van der Waals surface area contributed by atoms with Gasteiger partial charge in [0.15, 0.2) is 6.10 Å². The third-order valence-corrected chi connectivity index (χ3v) is 2.87. The van der Waals surface area contributed by atoms with Crippen LogP contribution in [0.3, 0.4) is 0 Å². The first-order valence-corrected chi connectivity index (χ1v) is 5.60. The van der Waals surface area contributed by atoms with Crippen molar-refractivity contribution < 1.29 is 14.3 Å². The van der Waals surface area contributed by atoms with E-state index in [1.165, 1.54) is 0 Å². The maximum Gasteiger partial charge on any atom is 0.335 e. The van der Waals surface area contributed by atoms with Crippen LogP contribution in [0.2, 0.25) is 0 Å². The molecule has 88 valence electrons. The summed E-state index contributed by atoms with van der Waals surface area (Å²) in [7, 11) is 0. The molecule has 1 aliphatic heterocycles. The molecule has 4 heteroatoms. The number of hydrogen-bond acceptors (Lipinski definition) is 4. The number of carbonyl (C=O) groups is 1. The largest absolute Gasteiger partial charge is 0.460 e. The van der Waals surface area contributed by atoms with Crippen LogP contribution in [0.4, 0.5) is 0 Å². The Kier molecular flexibility index (Phi) is 4.54. The number of hydrogen-bond donors (Lipinski definition) is 1. The third kappa shape index (κ3) is 3.47. The van der Waals surface area contributed by atoms with E-state index in [0.29, 0.717) is 12.5 Å². The quantitative estimate of drug-likeness (QED) is 0.713. The molecule has 4 nitrogen and oxygen atoms in total. The van der Waals surface area contributed by atoms with E-state index >= 15 is 0 Å². The van der Waals surface area contributed by atoms with Crippen molar-refractivity contribution in [2.75, 3.05) is 6.54 Å². The minimum Gasteiger partial charge on any atom is -0.460 e. The number of rotatable bonds is 4. The summed E-state index contributed by atoms with van der Waals surface area (Å²) in [4.78, 5) is 11.6. The summed E-state index contributed by atoms with van der Waals surface area (Å²) in [5, 5.41) is 0. The van der Waals surface area contributed by atoms with Crippen LogP contribution in [0.25, 0.3) is 0 Å². The van der Waals surface area contributed by atoms with Crippen molar-refractivity contribution in [2.24, 2.45) is 11.7 Å². The molecule has 1 saturated heterocycles. The van der Waals surface area contributed by atoms with Gasteiger partial charge in [0.1, 0.15) is 6.10 Å². The molecule has 0 radical (unpaired) electrons. The summed E-state index contributed by atoms with van der Waals surface area (Å²) in [6.45, 7) is 6.42. The lowest BCUT2D eigenvalue weighted by atomic mass is 10.1. The fourth-order valence-electron chi connectivity index (χ4n) is 1.45. The summed E-state index contributed by atoms with van der Waals surface area (Å²) in [6, 6.07) is 0. The summed E-state index contributed by atoms with van der Waals surface area (Å²) in [6.07, 6.45) is 1.15. The van der Waals surface area contributed by atoms with Gasteiger partial charge in [-0.25, -0.2) is 4.79 Å². The second kappa shape index (κ2) is 5.47. The Balaban J connectivity index is 2.35. The molecule has 3 atom stereocenters. The van der Waals surface area contributed by atoms with Gasteiger partial charge in [0.05, 0.1) is 6.10 Å². The lowest BCUT2D eigenvalue weighted by Crippen LogP contribution is -2.30. The van der Waals surface area contributed by atoms with Crippen LogP contribution in [-0.4, -0.2) is 30.8 Å². The topological polar surface area (TPSA) is 61.5 Å². The Bertz CT molecular complexity index is 218. The molecule has 1 fully saturated rings. The monoisotopic (exact) mass is 215 g/mol. The van der Waals surface area contributed by atoms with E-state index in [-0.39, 0.29) is 18.2 Å². The number of ether oxygens (including phenoxy) is 2.